The summed E-state index contributed by atoms with van der Waals surface area (Å²) in [6.07, 6.45) is 1.65. The van der Waals surface area contributed by atoms with Crippen molar-refractivity contribution in [2.75, 3.05) is 6.54 Å². The van der Waals surface area contributed by atoms with E-state index in [1.54, 1.807) is 0 Å². The van der Waals surface area contributed by atoms with Crippen molar-refractivity contribution in [1.29, 1.82) is 0 Å². The summed E-state index contributed by atoms with van der Waals surface area (Å²) in [4.78, 5) is 15.9. The standard InChI is InChI=1S/C12H20N4O2/c1-12(2,3)11-14-9(15-16-11)10(18)13-6-8(17)7-4-5-7/h7-8,17H,4-6H2,1-3H3,(H,13,18)(H,14,15,16). The van der Waals surface area contributed by atoms with Crippen LogP contribution in [0.25, 0.3) is 0 Å². The minimum atomic E-state index is -0.449. The van der Waals surface area contributed by atoms with Crippen molar-refractivity contribution in [2.45, 2.75) is 45.1 Å². The van der Waals surface area contributed by atoms with Gasteiger partial charge in [-0.3, -0.25) is 9.89 Å². The van der Waals surface area contributed by atoms with E-state index in [-0.39, 0.29) is 23.7 Å². The van der Waals surface area contributed by atoms with Crippen molar-refractivity contribution >= 4 is 5.91 Å². The number of aliphatic hydroxyl groups excluding tert-OH is 1. The number of H-pyrrole nitrogens is 1. The second kappa shape index (κ2) is 4.68. The van der Waals surface area contributed by atoms with Crippen LogP contribution in [-0.2, 0) is 5.41 Å². The molecule has 1 saturated carbocycles. The van der Waals surface area contributed by atoms with Gasteiger partial charge in [-0.2, -0.15) is 0 Å². The van der Waals surface area contributed by atoms with E-state index in [9.17, 15) is 9.90 Å². The Morgan fingerprint density at radius 1 is 1.56 bits per heavy atom. The highest BCUT2D eigenvalue weighted by Gasteiger charge is 2.30. The van der Waals surface area contributed by atoms with Gasteiger partial charge in [-0.15, -0.1) is 5.10 Å². The molecular weight excluding hydrogens is 232 g/mol. The number of aromatic nitrogens is 3. The summed E-state index contributed by atoms with van der Waals surface area (Å²) in [5.41, 5.74) is -0.168. The van der Waals surface area contributed by atoms with Crippen molar-refractivity contribution in [3.05, 3.63) is 11.6 Å². The molecule has 1 fully saturated rings. The molecule has 1 aromatic rings. The van der Waals surface area contributed by atoms with Crippen LogP contribution in [0.15, 0.2) is 0 Å². The topological polar surface area (TPSA) is 90.9 Å². The zero-order valence-electron chi connectivity index (χ0n) is 11.0. The molecule has 1 unspecified atom stereocenters. The maximum atomic E-state index is 11.8. The van der Waals surface area contributed by atoms with Gasteiger partial charge in [0.25, 0.3) is 5.91 Å². The fourth-order valence-corrected chi connectivity index (χ4v) is 1.62. The Kier molecular flexibility index (Phi) is 3.38. The largest absolute Gasteiger partial charge is 0.391 e. The number of amides is 1. The summed E-state index contributed by atoms with van der Waals surface area (Å²) in [7, 11) is 0. The quantitative estimate of drug-likeness (QED) is 0.732. The Balaban J connectivity index is 1.90. The molecule has 18 heavy (non-hydrogen) atoms. The van der Waals surface area contributed by atoms with Crippen LogP contribution >= 0.6 is 0 Å². The number of hydrogen-bond acceptors (Lipinski definition) is 4. The highest BCUT2D eigenvalue weighted by Crippen LogP contribution is 2.32. The van der Waals surface area contributed by atoms with Gasteiger partial charge in [0.2, 0.25) is 5.82 Å². The molecular formula is C12H20N4O2. The Labute approximate surface area is 106 Å². The molecule has 0 aromatic carbocycles. The van der Waals surface area contributed by atoms with Gasteiger partial charge in [0.05, 0.1) is 6.10 Å². The Hall–Kier alpha value is -1.43. The summed E-state index contributed by atoms with van der Waals surface area (Å²) < 4.78 is 0. The average Bonchev–Trinajstić information content (AvgIpc) is 3.00. The van der Waals surface area contributed by atoms with Crippen LogP contribution in [0.3, 0.4) is 0 Å². The molecule has 0 saturated heterocycles. The Morgan fingerprint density at radius 2 is 2.22 bits per heavy atom. The maximum absolute atomic E-state index is 11.8. The summed E-state index contributed by atoms with van der Waals surface area (Å²) in [5.74, 6) is 0.808. The predicted octanol–water partition coefficient (Wildman–Crippen LogP) is 0.603. The summed E-state index contributed by atoms with van der Waals surface area (Å²) in [6, 6.07) is 0. The van der Waals surface area contributed by atoms with E-state index >= 15 is 0 Å². The van der Waals surface area contributed by atoms with E-state index in [1.807, 2.05) is 20.8 Å². The lowest BCUT2D eigenvalue weighted by Crippen LogP contribution is -2.33. The molecule has 0 radical (unpaired) electrons. The van der Waals surface area contributed by atoms with Crippen LogP contribution in [0.4, 0.5) is 0 Å². The lowest BCUT2D eigenvalue weighted by Gasteiger charge is -2.12. The van der Waals surface area contributed by atoms with Crippen molar-refractivity contribution in [1.82, 2.24) is 20.5 Å². The minimum absolute atomic E-state index is 0.128. The fourth-order valence-electron chi connectivity index (χ4n) is 1.62. The van der Waals surface area contributed by atoms with Crippen molar-refractivity contribution < 1.29 is 9.90 Å². The van der Waals surface area contributed by atoms with Gasteiger partial charge in [-0.1, -0.05) is 20.8 Å². The van der Waals surface area contributed by atoms with Gasteiger partial charge in [0.1, 0.15) is 5.82 Å². The third-order valence-corrected chi connectivity index (χ3v) is 3.04. The highest BCUT2D eigenvalue weighted by molar-refractivity contribution is 5.90. The van der Waals surface area contributed by atoms with E-state index in [4.69, 9.17) is 0 Å². The van der Waals surface area contributed by atoms with Crippen LogP contribution < -0.4 is 5.32 Å². The van der Waals surface area contributed by atoms with Crippen molar-refractivity contribution in [3.8, 4) is 0 Å². The summed E-state index contributed by atoms with van der Waals surface area (Å²) in [6.45, 7) is 6.24. The second-order valence-corrected chi connectivity index (χ2v) is 5.87. The van der Waals surface area contributed by atoms with E-state index < -0.39 is 6.10 Å². The molecule has 6 heteroatoms. The molecule has 0 bridgehead atoms. The number of rotatable bonds is 4. The summed E-state index contributed by atoms with van der Waals surface area (Å²) in [5, 5.41) is 19.0. The molecule has 1 aliphatic rings. The number of aliphatic hydroxyl groups is 1. The third-order valence-electron chi connectivity index (χ3n) is 3.04. The number of carbonyl (C=O) groups excluding carboxylic acids is 1. The molecule has 1 amide bonds. The number of aromatic amines is 1. The van der Waals surface area contributed by atoms with Gasteiger partial charge in [-0.25, -0.2) is 4.98 Å². The van der Waals surface area contributed by atoms with E-state index in [1.165, 1.54) is 0 Å². The fraction of sp³-hybridized carbons (Fsp3) is 0.750. The molecule has 1 atom stereocenters. The molecule has 6 nitrogen and oxygen atoms in total. The van der Waals surface area contributed by atoms with Gasteiger partial charge in [0.15, 0.2) is 0 Å². The summed E-state index contributed by atoms with van der Waals surface area (Å²) >= 11 is 0. The van der Waals surface area contributed by atoms with Crippen LogP contribution in [0.5, 0.6) is 0 Å². The van der Waals surface area contributed by atoms with E-state index in [0.29, 0.717) is 11.7 Å². The Morgan fingerprint density at radius 3 is 2.72 bits per heavy atom. The first-order valence-electron chi connectivity index (χ1n) is 6.27. The second-order valence-electron chi connectivity index (χ2n) is 5.87. The molecule has 2 rings (SSSR count). The highest BCUT2D eigenvalue weighted by atomic mass is 16.3. The van der Waals surface area contributed by atoms with Crippen LogP contribution in [-0.4, -0.2) is 38.8 Å². The first-order chi connectivity index (χ1) is 8.38. The van der Waals surface area contributed by atoms with Crippen LogP contribution in [0.1, 0.15) is 50.1 Å². The normalized spacial score (nSPS) is 17.6. The molecule has 3 N–H and O–H groups in total. The monoisotopic (exact) mass is 252 g/mol. The van der Waals surface area contributed by atoms with Gasteiger partial charge in [-0.05, 0) is 18.8 Å². The van der Waals surface area contributed by atoms with E-state index in [2.05, 4.69) is 20.5 Å². The molecule has 100 valence electrons. The molecule has 1 heterocycles. The number of carbonyl (C=O) groups is 1. The van der Waals surface area contributed by atoms with Crippen LogP contribution in [0, 0.1) is 5.92 Å². The van der Waals surface area contributed by atoms with Gasteiger partial charge in [0, 0.05) is 12.0 Å². The first kappa shape index (κ1) is 13.0. The zero-order chi connectivity index (χ0) is 13.3. The van der Waals surface area contributed by atoms with Gasteiger partial charge < -0.3 is 10.4 Å². The maximum Gasteiger partial charge on any atom is 0.291 e. The van der Waals surface area contributed by atoms with Gasteiger partial charge >= 0.3 is 0 Å². The average molecular weight is 252 g/mol. The number of nitrogens with zero attached hydrogens (tertiary/aromatic N) is 2. The SMILES string of the molecule is CC(C)(C)c1nc(C(=O)NCC(O)C2CC2)n[nH]1. The molecule has 0 spiro atoms. The first-order valence-corrected chi connectivity index (χ1v) is 6.27. The third kappa shape index (κ3) is 3.07. The lowest BCUT2D eigenvalue weighted by molar-refractivity contribution is 0.0891. The van der Waals surface area contributed by atoms with Crippen LogP contribution in [0.2, 0.25) is 0 Å². The van der Waals surface area contributed by atoms with Crippen molar-refractivity contribution in [2.24, 2.45) is 5.92 Å². The number of hydrogen-bond donors (Lipinski definition) is 3. The predicted molar refractivity (Wildman–Crippen MR) is 66.1 cm³/mol. The Bertz CT molecular complexity index is 432. The van der Waals surface area contributed by atoms with E-state index in [0.717, 1.165) is 12.8 Å². The molecule has 1 aromatic heterocycles. The van der Waals surface area contributed by atoms with Crippen molar-refractivity contribution in [3.63, 3.8) is 0 Å². The minimum Gasteiger partial charge on any atom is -0.391 e. The lowest BCUT2D eigenvalue weighted by atomic mass is 9.96. The smallest absolute Gasteiger partial charge is 0.291 e. The zero-order valence-corrected chi connectivity index (χ0v) is 11.0. The number of nitrogens with one attached hydrogen (secondary N) is 2. The molecule has 1 aliphatic carbocycles. The molecule has 0 aliphatic heterocycles.